The van der Waals surface area contributed by atoms with E-state index in [2.05, 4.69) is 6.58 Å². The SMILES string of the molecule is C=C(C)C(=O)OC12CC3CC(CC(OCOC4C5CC6CC(C5)CC4C6)(C3)C1)C2. The summed E-state index contributed by atoms with van der Waals surface area (Å²) in [5.41, 5.74) is 0.0228. The van der Waals surface area contributed by atoms with Gasteiger partial charge in [0.15, 0.2) is 0 Å². The Bertz CT molecular complexity index is 670. The van der Waals surface area contributed by atoms with Gasteiger partial charge >= 0.3 is 5.97 Å². The zero-order valence-electron chi connectivity index (χ0n) is 17.9. The Morgan fingerprint density at radius 2 is 1.41 bits per heavy atom. The topological polar surface area (TPSA) is 44.8 Å². The zero-order chi connectivity index (χ0) is 19.8. The molecule has 0 radical (unpaired) electrons. The standard InChI is InChI=1S/C25H36O4/c1-15(2)23(26)29-25-11-18-4-19(12-25)10-24(9-18,13-25)28-14-27-22-20-5-16-3-17(7-20)8-21(22)6-16/h16-22H,1,3-14H2,2H3. The minimum absolute atomic E-state index is 0.147. The van der Waals surface area contributed by atoms with Gasteiger partial charge in [0.1, 0.15) is 12.4 Å². The fourth-order valence-electron chi connectivity index (χ4n) is 9.05. The van der Waals surface area contributed by atoms with Crippen molar-refractivity contribution >= 4 is 5.97 Å². The highest BCUT2D eigenvalue weighted by Gasteiger charge is 2.60. The minimum Gasteiger partial charge on any atom is -0.456 e. The third kappa shape index (κ3) is 3.20. The maximum absolute atomic E-state index is 12.3. The predicted molar refractivity (Wildman–Crippen MR) is 109 cm³/mol. The maximum Gasteiger partial charge on any atom is 0.333 e. The van der Waals surface area contributed by atoms with Gasteiger partial charge in [-0.25, -0.2) is 4.79 Å². The normalized spacial score (nSPS) is 51.4. The van der Waals surface area contributed by atoms with E-state index in [1.165, 1.54) is 38.5 Å². The number of carbonyl (C=O) groups excluding carboxylic acids is 1. The molecular formula is C25H36O4. The second kappa shape index (κ2) is 6.56. The smallest absolute Gasteiger partial charge is 0.333 e. The largest absolute Gasteiger partial charge is 0.456 e. The predicted octanol–water partition coefficient (Wildman–Crippen LogP) is 5.01. The first kappa shape index (κ1) is 18.9. The summed E-state index contributed by atoms with van der Waals surface area (Å²) in [6.45, 7) is 5.95. The van der Waals surface area contributed by atoms with Gasteiger partial charge in [0.2, 0.25) is 0 Å². The van der Waals surface area contributed by atoms with Crippen molar-refractivity contribution in [3.05, 3.63) is 12.2 Å². The molecule has 0 aliphatic heterocycles. The van der Waals surface area contributed by atoms with Gasteiger partial charge in [-0.3, -0.25) is 0 Å². The molecule has 29 heavy (non-hydrogen) atoms. The first-order chi connectivity index (χ1) is 13.9. The molecule has 0 spiro atoms. The van der Waals surface area contributed by atoms with Gasteiger partial charge in [0.05, 0.1) is 11.7 Å². The molecule has 4 heteroatoms. The van der Waals surface area contributed by atoms with Crippen molar-refractivity contribution in [1.82, 2.24) is 0 Å². The van der Waals surface area contributed by atoms with Crippen LogP contribution in [0.1, 0.15) is 77.6 Å². The fourth-order valence-corrected chi connectivity index (χ4v) is 9.05. The molecular weight excluding hydrogens is 364 g/mol. The highest BCUT2D eigenvalue weighted by atomic mass is 16.7. The molecule has 0 N–H and O–H groups in total. The average molecular weight is 401 g/mol. The molecule has 8 bridgehead atoms. The van der Waals surface area contributed by atoms with Gasteiger partial charge in [-0.2, -0.15) is 0 Å². The van der Waals surface area contributed by atoms with Gasteiger partial charge in [-0.05, 0) is 107 Å². The lowest BCUT2D eigenvalue weighted by Crippen LogP contribution is -2.61. The van der Waals surface area contributed by atoms with Crippen molar-refractivity contribution in [2.45, 2.75) is 94.9 Å². The van der Waals surface area contributed by atoms with Crippen LogP contribution in [-0.4, -0.2) is 30.1 Å². The first-order valence-corrected chi connectivity index (χ1v) is 12.1. The summed E-state index contributed by atoms with van der Waals surface area (Å²) in [6, 6.07) is 0. The van der Waals surface area contributed by atoms with Crippen LogP contribution in [0.25, 0.3) is 0 Å². The quantitative estimate of drug-likeness (QED) is 0.357. The molecule has 8 fully saturated rings. The highest BCUT2D eigenvalue weighted by molar-refractivity contribution is 5.87. The van der Waals surface area contributed by atoms with Crippen molar-refractivity contribution < 1.29 is 19.0 Å². The van der Waals surface area contributed by atoms with E-state index in [0.717, 1.165) is 55.8 Å². The Morgan fingerprint density at radius 1 is 0.862 bits per heavy atom. The van der Waals surface area contributed by atoms with Gasteiger partial charge in [-0.1, -0.05) is 6.58 Å². The monoisotopic (exact) mass is 400 g/mol. The van der Waals surface area contributed by atoms with Crippen LogP contribution in [0.5, 0.6) is 0 Å². The molecule has 0 aromatic rings. The average Bonchev–Trinajstić information content (AvgIpc) is 2.61. The van der Waals surface area contributed by atoms with Crippen LogP contribution in [0.3, 0.4) is 0 Å². The van der Waals surface area contributed by atoms with Crippen LogP contribution in [-0.2, 0) is 19.0 Å². The van der Waals surface area contributed by atoms with E-state index >= 15 is 0 Å². The summed E-state index contributed by atoms with van der Waals surface area (Å²) >= 11 is 0. The van der Waals surface area contributed by atoms with E-state index < -0.39 is 0 Å². The van der Waals surface area contributed by atoms with Crippen LogP contribution in [0, 0.1) is 35.5 Å². The number of carbonyl (C=O) groups is 1. The van der Waals surface area contributed by atoms with E-state index in [-0.39, 0.29) is 17.2 Å². The molecule has 0 aromatic heterocycles. The Labute approximate surface area is 174 Å². The number of hydrogen-bond donors (Lipinski definition) is 0. The van der Waals surface area contributed by atoms with Gasteiger partial charge in [-0.15, -0.1) is 0 Å². The Hall–Kier alpha value is -0.870. The van der Waals surface area contributed by atoms with Crippen molar-refractivity contribution in [3.63, 3.8) is 0 Å². The molecule has 0 amide bonds. The maximum atomic E-state index is 12.3. The summed E-state index contributed by atoms with van der Waals surface area (Å²) < 4.78 is 19.1. The van der Waals surface area contributed by atoms with Crippen LogP contribution >= 0.6 is 0 Å². The van der Waals surface area contributed by atoms with Gasteiger partial charge in [0, 0.05) is 12.0 Å². The molecule has 0 aromatic carbocycles. The zero-order valence-corrected chi connectivity index (χ0v) is 17.9. The molecule has 0 heterocycles. The van der Waals surface area contributed by atoms with E-state index in [4.69, 9.17) is 14.2 Å². The van der Waals surface area contributed by atoms with Crippen molar-refractivity contribution in [3.8, 4) is 0 Å². The second-order valence-corrected chi connectivity index (χ2v) is 11.8. The number of ether oxygens (including phenoxy) is 3. The van der Waals surface area contributed by atoms with Crippen molar-refractivity contribution in [1.29, 1.82) is 0 Å². The lowest BCUT2D eigenvalue weighted by atomic mass is 9.52. The molecule has 8 rings (SSSR count). The van der Waals surface area contributed by atoms with E-state index in [0.29, 0.717) is 30.3 Å². The molecule has 8 aliphatic rings. The molecule has 4 nitrogen and oxygen atoms in total. The molecule has 2 unspecified atom stereocenters. The Balaban J connectivity index is 1.11. The number of rotatable bonds is 6. The number of esters is 1. The van der Waals surface area contributed by atoms with Gasteiger partial charge < -0.3 is 14.2 Å². The Morgan fingerprint density at radius 3 is 2.00 bits per heavy atom. The highest BCUT2D eigenvalue weighted by Crippen LogP contribution is 2.60. The van der Waals surface area contributed by atoms with E-state index in [9.17, 15) is 4.79 Å². The Kier molecular flexibility index (Phi) is 4.27. The second-order valence-electron chi connectivity index (χ2n) is 11.8. The fraction of sp³-hybridized carbons (Fsp3) is 0.880. The molecule has 8 saturated carbocycles. The van der Waals surface area contributed by atoms with Gasteiger partial charge in [0.25, 0.3) is 0 Å². The minimum atomic E-state index is -0.331. The summed E-state index contributed by atoms with van der Waals surface area (Å²) in [4.78, 5) is 12.3. The summed E-state index contributed by atoms with van der Waals surface area (Å²) in [5.74, 6) is 4.51. The lowest BCUT2D eigenvalue weighted by Gasteiger charge is -2.60. The van der Waals surface area contributed by atoms with Crippen LogP contribution in [0.4, 0.5) is 0 Å². The van der Waals surface area contributed by atoms with Crippen LogP contribution in [0.15, 0.2) is 12.2 Å². The van der Waals surface area contributed by atoms with Crippen molar-refractivity contribution in [2.75, 3.05) is 6.79 Å². The summed E-state index contributed by atoms with van der Waals surface area (Å²) in [7, 11) is 0. The van der Waals surface area contributed by atoms with Crippen LogP contribution in [0.2, 0.25) is 0 Å². The first-order valence-electron chi connectivity index (χ1n) is 12.1. The summed E-state index contributed by atoms with van der Waals surface area (Å²) in [6.07, 6.45) is 13.8. The van der Waals surface area contributed by atoms with E-state index in [1.54, 1.807) is 6.92 Å². The van der Waals surface area contributed by atoms with Crippen LogP contribution < -0.4 is 0 Å². The number of hydrogen-bond acceptors (Lipinski definition) is 4. The third-order valence-electron chi connectivity index (χ3n) is 9.38. The van der Waals surface area contributed by atoms with E-state index in [1.807, 2.05) is 0 Å². The van der Waals surface area contributed by atoms with Crippen molar-refractivity contribution in [2.24, 2.45) is 35.5 Å². The summed E-state index contributed by atoms with van der Waals surface area (Å²) in [5, 5.41) is 0. The third-order valence-corrected chi connectivity index (χ3v) is 9.38. The lowest BCUT2D eigenvalue weighted by molar-refractivity contribution is -0.268. The molecule has 160 valence electrons. The molecule has 2 atom stereocenters. The molecule has 8 aliphatic carbocycles. The molecule has 0 saturated heterocycles.